The smallest absolute Gasteiger partial charge is 0.248 e. The van der Waals surface area contributed by atoms with Crippen molar-refractivity contribution in [3.63, 3.8) is 0 Å². The minimum absolute atomic E-state index is 0.0465. The van der Waals surface area contributed by atoms with E-state index in [9.17, 15) is 4.79 Å². The Morgan fingerprint density at radius 3 is 2.95 bits per heavy atom. The maximum absolute atomic E-state index is 12.3. The van der Waals surface area contributed by atoms with Crippen LogP contribution in [0.1, 0.15) is 29.5 Å². The SMILES string of the molecule is CCOCC(=O)N1Cc2ccccc2C(c2cnn(C)c2)C1. The highest BCUT2D eigenvalue weighted by molar-refractivity contribution is 5.78. The summed E-state index contributed by atoms with van der Waals surface area (Å²) in [6.45, 7) is 3.94. The van der Waals surface area contributed by atoms with Crippen LogP contribution >= 0.6 is 0 Å². The number of carbonyl (C=O) groups is 1. The number of carbonyl (C=O) groups excluding carboxylic acids is 1. The lowest BCUT2D eigenvalue weighted by molar-refractivity contribution is -0.137. The molecule has 22 heavy (non-hydrogen) atoms. The van der Waals surface area contributed by atoms with Gasteiger partial charge in [0, 0.05) is 38.9 Å². The van der Waals surface area contributed by atoms with Gasteiger partial charge in [-0.1, -0.05) is 24.3 Å². The largest absolute Gasteiger partial charge is 0.372 e. The van der Waals surface area contributed by atoms with E-state index in [0.29, 0.717) is 19.7 Å². The number of aromatic nitrogens is 2. The maximum atomic E-state index is 12.3. The molecule has 1 aliphatic rings. The third-order valence-corrected chi connectivity index (χ3v) is 4.10. The van der Waals surface area contributed by atoms with E-state index in [1.54, 1.807) is 4.68 Å². The molecule has 0 N–H and O–H groups in total. The summed E-state index contributed by atoms with van der Waals surface area (Å²) < 4.78 is 7.08. The van der Waals surface area contributed by atoms with Crippen LogP contribution in [0.25, 0.3) is 0 Å². The van der Waals surface area contributed by atoms with Crippen molar-refractivity contribution in [1.82, 2.24) is 14.7 Å². The van der Waals surface area contributed by atoms with E-state index in [-0.39, 0.29) is 18.4 Å². The Kier molecular flexibility index (Phi) is 4.24. The monoisotopic (exact) mass is 299 g/mol. The summed E-state index contributed by atoms with van der Waals surface area (Å²) in [5.41, 5.74) is 3.63. The second-order valence-corrected chi connectivity index (χ2v) is 5.61. The van der Waals surface area contributed by atoms with E-state index in [0.717, 1.165) is 5.56 Å². The van der Waals surface area contributed by atoms with Gasteiger partial charge in [0.25, 0.3) is 0 Å². The Morgan fingerprint density at radius 1 is 1.41 bits per heavy atom. The molecule has 1 atom stereocenters. The van der Waals surface area contributed by atoms with Crippen LogP contribution in [-0.4, -0.2) is 40.3 Å². The molecule has 0 saturated heterocycles. The summed E-state index contributed by atoms with van der Waals surface area (Å²) in [7, 11) is 1.91. The molecule has 2 heterocycles. The predicted octanol–water partition coefficient (Wildman–Crippen LogP) is 1.93. The van der Waals surface area contributed by atoms with Gasteiger partial charge in [0.05, 0.1) is 6.20 Å². The first kappa shape index (κ1) is 14.8. The van der Waals surface area contributed by atoms with Crippen LogP contribution in [-0.2, 0) is 23.1 Å². The maximum Gasteiger partial charge on any atom is 0.248 e. The molecule has 1 aromatic carbocycles. The Morgan fingerprint density at radius 2 is 2.23 bits per heavy atom. The van der Waals surface area contributed by atoms with Gasteiger partial charge in [-0.25, -0.2) is 0 Å². The van der Waals surface area contributed by atoms with Gasteiger partial charge in [-0.05, 0) is 23.6 Å². The second-order valence-electron chi connectivity index (χ2n) is 5.61. The van der Waals surface area contributed by atoms with Crippen molar-refractivity contribution >= 4 is 5.91 Å². The molecule has 5 nitrogen and oxygen atoms in total. The van der Waals surface area contributed by atoms with Gasteiger partial charge < -0.3 is 9.64 Å². The standard InChI is InChI=1S/C17H21N3O2/c1-3-22-12-17(21)20-10-13-6-4-5-7-15(13)16(11-20)14-8-18-19(2)9-14/h4-9,16H,3,10-12H2,1-2H3. The summed E-state index contributed by atoms with van der Waals surface area (Å²) in [5.74, 6) is 0.217. The van der Waals surface area contributed by atoms with Gasteiger partial charge >= 0.3 is 0 Å². The molecule has 1 unspecified atom stereocenters. The highest BCUT2D eigenvalue weighted by atomic mass is 16.5. The molecule has 1 amide bonds. The number of aryl methyl sites for hydroxylation is 1. The molecule has 2 aromatic rings. The lowest BCUT2D eigenvalue weighted by Crippen LogP contribution is -2.40. The molecule has 0 aliphatic carbocycles. The van der Waals surface area contributed by atoms with Crippen LogP contribution < -0.4 is 0 Å². The third kappa shape index (κ3) is 2.90. The fourth-order valence-electron chi connectivity index (χ4n) is 2.98. The van der Waals surface area contributed by atoms with E-state index in [2.05, 4.69) is 23.3 Å². The molecular formula is C17H21N3O2. The van der Waals surface area contributed by atoms with Crippen molar-refractivity contribution in [2.75, 3.05) is 19.8 Å². The van der Waals surface area contributed by atoms with Crippen LogP contribution in [0.3, 0.4) is 0 Å². The lowest BCUT2D eigenvalue weighted by atomic mass is 9.86. The number of amides is 1. The van der Waals surface area contributed by atoms with E-state index >= 15 is 0 Å². The van der Waals surface area contributed by atoms with Crippen molar-refractivity contribution in [3.8, 4) is 0 Å². The first-order valence-corrected chi connectivity index (χ1v) is 7.61. The Hall–Kier alpha value is -2.14. The van der Waals surface area contributed by atoms with Crippen molar-refractivity contribution < 1.29 is 9.53 Å². The quantitative estimate of drug-likeness (QED) is 0.866. The molecule has 0 radical (unpaired) electrons. The normalized spacial score (nSPS) is 17.4. The number of rotatable bonds is 4. The van der Waals surface area contributed by atoms with Gasteiger partial charge in [-0.3, -0.25) is 9.48 Å². The molecule has 1 aliphatic heterocycles. The summed E-state index contributed by atoms with van der Waals surface area (Å²) in [4.78, 5) is 14.2. The zero-order valence-electron chi connectivity index (χ0n) is 13.0. The first-order chi connectivity index (χ1) is 10.7. The number of nitrogens with zero attached hydrogens (tertiary/aromatic N) is 3. The third-order valence-electron chi connectivity index (χ3n) is 4.10. The number of hydrogen-bond acceptors (Lipinski definition) is 3. The zero-order chi connectivity index (χ0) is 15.5. The minimum Gasteiger partial charge on any atom is -0.372 e. The number of benzene rings is 1. The van der Waals surface area contributed by atoms with E-state index in [1.807, 2.05) is 37.3 Å². The topological polar surface area (TPSA) is 47.4 Å². The van der Waals surface area contributed by atoms with Crippen LogP contribution in [0.4, 0.5) is 0 Å². The zero-order valence-corrected chi connectivity index (χ0v) is 13.0. The van der Waals surface area contributed by atoms with Gasteiger partial charge in [0.2, 0.25) is 5.91 Å². The fourth-order valence-corrected chi connectivity index (χ4v) is 2.98. The Balaban J connectivity index is 1.90. The highest BCUT2D eigenvalue weighted by Crippen LogP contribution is 2.33. The molecule has 1 aromatic heterocycles. The van der Waals surface area contributed by atoms with Crippen molar-refractivity contribution in [2.45, 2.75) is 19.4 Å². The van der Waals surface area contributed by atoms with Crippen molar-refractivity contribution in [3.05, 3.63) is 53.3 Å². The molecule has 0 saturated carbocycles. The molecule has 0 spiro atoms. The van der Waals surface area contributed by atoms with Gasteiger partial charge in [0.15, 0.2) is 0 Å². The molecule has 0 fully saturated rings. The van der Waals surface area contributed by atoms with Crippen LogP contribution in [0.2, 0.25) is 0 Å². The Bertz CT molecular complexity index is 665. The second kappa shape index (κ2) is 6.32. The summed E-state index contributed by atoms with van der Waals surface area (Å²) >= 11 is 0. The molecular weight excluding hydrogens is 278 g/mol. The van der Waals surface area contributed by atoms with E-state index in [4.69, 9.17) is 4.74 Å². The number of hydrogen-bond donors (Lipinski definition) is 0. The van der Waals surface area contributed by atoms with Crippen molar-refractivity contribution in [1.29, 1.82) is 0 Å². The summed E-state index contributed by atoms with van der Waals surface area (Å²) in [6, 6.07) is 8.33. The summed E-state index contributed by atoms with van der Waals surface area (Å²) in [6.07, 6.45) is 3.91. The average Bonchev–Trinajstić information content (AvgIpc) is 2.97. The minimum atomic E-state index is 0.0465. The van der Waals surface area contributed by atoms with Gasteiger partial charge in [0.1, 0.15) is 6.61 Å². The highest BCUT2D eigenvalue weighted by Gasteiger charge is 2.29. The summed E-state index contributed by atoms with van der Waals surface area (Å²) in [5, 5.41) is 4.27. The fraction of sp³-hybridized carbons (Fsp3) is 0.412. The first-order valence-electron chi connectivity index (χ1n) is 7.61. The molecule has 0 bridgehead atoms. The number of ether oxygens (including phenoxy) is 1. The number of fused-ring (bicyclic) bond motifs is 1. The van der Waals surface area contributed by atoms with E-state index < -0.39 is 0 Å². The Labute approximate surface area is 130 Å². The molecule has 116 valence electrons. The van der Waals surface area contributed by atoms with Crippen molar-refractivity contribution in [2.24, 2.45) is 7.05 Å². The lowest BCUT2D eigenvalue weighted by Gasteiger charge is -2.34. The molecule has 3 rings (SSSR count). The van der Waals surface area contributed by atoms with Gasteiger partial charge in [-0.2, -0.15) is 5.10 Å². The van der Waals surface area contributed by atoms with Gasteiger partial charge in [-0.15, -0.1) is 0 Å². The van der Waals surface area contributed by atoms with Crippen LogP contribution in [0.5, 0.6) is 0 Å². The van der Waals surface area contributed by atoms with E-state index in [1.165, 1.54) is 11.1 Å². The van der Waals surface area contributed by atoms with Crippen LogP contribution in [0.15, 0.2) is 36.7 Å². The predicted molar refractivity (Wildman–Crippen MR) is 83.4 cm³/mol. The van der Waals surface area contributed by atoms with Crippen LogP contribution in [0, 0.1) is 0 Å². The average molecular weight is 299 g/mol. The molecule has 5 heteroatoms.